The van der Waals surface area contributed by atoms with E-state index in [1.165, 1.54) is 30.4 Å². The van der Waals surface area contributed by atoms with Crippen molar-refractivity contribution in [1.29, 1.82) is 0 Å². The number of carbonyl (C=O) groups excluding carboxylic acids is 1. The van der Waals surface area contributed by atoms with Crippen molar-refractivity contribution in [2.75, 3.05) is 6.54 Å². The second-order valence-electron chi connectivity index (χ2n) is 6.94. The third kappa shape index (κ3) is 2.71. The monoisotopic (exact) mass is 286 g/mol. The van der Waals surface area contributed by atoms with E-state index in [0.717, 1.165) is 6.54 Å². The van der Waals surface area contributed by atoms with Gasteiger partial charge < -0.3 is 4.90 Å². The molecule has 1 aliphatic carbocycles. The molecule has 1 aromatic rings. The van der Waals surface area contributed by atoms with Crippen molar-refractivity contribution in [1.82, 2.24) is 10.2 Å². The first-order valence-electron chi connectivity index (χ1n) is 8.20. The Hall–Kier alpha value is -1.35. The fourth-order valence-corrected chi connectivity index (χ4v) is 3.42. The molecule has 2 unspecified atom stereocenters. The molecule has 2 atom stereocenters. The van der Waals surface area contributed by atoms with Crippen molar-refractivity contribution >= 4 is 5.91 Å². The van der Waals surface area contributed by atoms with Gasteiger partial charge in [-0.1, -0.05) is 44.5 Å². The molecule has 3 heteroatoms. The summed E-state index contributed by atoms with van der Waals surface area (Å²) in [6.07, 6.45) is 3.92. The number of benzene rings is 1. The van der Waals surface area contributed by atoms with Crippen LogP contribution in [-0.2, 0) is 4.79 Å². The maximum Gasteiger partial charge on any atom is 0.241 e. The van der Waals surface area contributed by atoms with Gasteiger partial charge >= 0.3 is 0 Å². The molecule has 3 nitrogen and oxygen atoms in total. The van der Waals surface area contributed by atoms with Crippen LogP contribution in [-0.4, -0.2) is 23.4 Å². The summed E-state index contributed by atoms with van der Waals surface area (Å²) in [6, 6.07) is 8.36. The number of carbonyl (C=O) groups is 1. The van der Waals surface area contributed by atoms with E-state index in [2.05, 4.69) is 55.3 Å². The van der Waals surface area contributed by atoms with Gasteiger partial charge in [0, 0.05) is 6.54 Å². The van der Waals surface area contributed by atoms with Crippen LogP contribution < -0.4 is 5.32 Å². The van der Waals surface area contributed by atoms with E-state index in [0.29, 0.717) is 11.8 Å². The molecule has 1 aliphatic heterocycles. The molecule has 3 rings (SSSR count). The quantitative estimate of drug-likeness (QED) is 0.921. The van der Waals surface area contributed by atoms with Crippen molar-refractivity contribution in [2.24, 2.45) is 11.8 Å². The van der Waals surface area contributed by atoms with Gasteiger partial charge in [-0.3, -0.25) is 10.1 Å². The molecular formula is C18H26N2O. The predicted molar refractivity (Wildman–Crippen MR) is 84.7 cm³/mol. The Morgan fingerprint density at radius 2 is 2.00 bits per heavy atom. The lowest BCUT2D eigenvalue weighted by atomic mass is 9.85. The first-order chi connectivity index (χ1) is 10.1. The van der Waals surface area contributed by atoms with Crippen LogP contribution in [0.3, 0.4) is 0 Å². The highest BCUT2D eigenvalue weighted by Crippen LogP contribution is 2.34. The third-order valence-corrected chi connectivity index (χ3v) is 5.03. The van der Waals surface area contributed by atoms with E-state index >= 15 is 0 Å². The smallest absolute Gasteiger partial charge is 0.241 e. The topological polar surface area (TPSA) is 32.3 Å². The maximum absolute atomic E-state index is 12.8. The van der Waals surface area contributed by atoms with Gasteiger partial charge in [0.1, 0.15) is 6.17 Å². The lowest BCUT2D eigenvalue weighted by molar-refractivity contribution is -0.131. The molecule has 21 heavy (non-hydrogen) atoms. The lowest BCUT2D eigenvalue weighted by Gasteiger charge is -2.33. The molecule has 0 aromatic heterocycles. The Balaban J connectivity index is 1.88. The van der Waals surface area contributed by atoms with Crippen LogP contribution in [0.2, 0.25) is 0 Å². The number of nitrogens with one attached hydrogen (secondary N) is 1. The van der Waals surface area contributed by atoms with Gasteiger partial charge in [-0.25, -0.2) is 0 Å². The van der Waals surface area contributed by atoms with E-state index in [-0.39, 0.29) is 18.1 Å². The molecule has 0 bridgehead atoms. The first-order valence-corrected chi connectivity index (χ1v) is 8.20. The van der Waals surface area contributed by atoms with Gasteiger partial charge in [-0.05, 0) is 42.7 Å². The zero-order valence-corrected chi connectivity index (χ0v) is 13.3. The molecule has 1 saturated heterocycles. The van der Waals surface area contributed by atoms with Crippen molar-refractivity contribution in [3.8, 4) is 0 Å². The predicted octanol–water partition coefficient (Wildman–Crippen LogP) is 3.25. The van der Waals surface area contributed by atoms with Crippen LogP contribution in [0.25, 0.3) is 0 Å². The van der Waals surface area contributed by atoms with Gasteiger partial charge in [0.15, 0.2) is 0 Å². The van der Waals surface area contributed by atoms with E-state index < -0.39 is 0 Å². The van der Waals surface area contributed by atoms with Gasteiger partial charge in [0.2, 0.25) is 5.91 Å². The average molecular weight is 286 g/mol. The summed E-state index contributed by atoms with van der Waals surface area (Å²) in [5, 5.41) is 3.58. The minimum Gasteiger partial charge on any atom is -0.321 e. The van der Waals surface area contributed by atoms with Crippen molar-refractivity contribution < 1.29 is 4.79 Å². The fraction of sp³-hybridized carbons (Fsp3) is 0.611. The summed E-state index contributed by atoms with van der Waals surface area (Å²) in [4.78, 5) is 14.9. The Morgan fingerprint density at radius 1 is 1.29 bits per heavy atom. The summed E-state index contributed by atoms with van der Waals surface area (Å²) in [6.45, 7) is 7.29. The first kappa shape index (κ1) is 14.6. The molecule has 0 radical (unpaired) electrons. The second-order valence-corrected chi connectivity index (χ2v) is 6.94. The zero-order valence-electron chi connectivity index (χ0n) is 13.3. The summed E-state index contributed by atoms with van der Waals surface area (Å²) in [5.74, 6) is 1.31. The molecule has 1 amide bonds. The third-order valence-electron chi connectivity index (χ3n) is 5.03. The fourth-order valence-electron chi connectivity index (χ4n) is 3.42. The van der Waals surface area contributed by atoms with E-state index in [1.54, 1.807) is 0 Å². The normalized spacial score (nSPS) is 26.5. The minimum absolute atomic E-state index is 0.0466. The Kier molecular flexibility index (Phi) is 4.03. The van der Waals surface area contributed by atoms with E-state index in [4.69, 9.17) is 0 Å². The Bertz CT molecular complexity index is 522. The minimum atomic E-state index is -0.0466. The van der Waals surface area contributed by atoms with Crippen LogP contribution in [0, 0.1) is 18.8 Å². The van der Waals surface area contributed by atoms with Crippen LogP contribution in [0.4, 0.5) is 0 Å². The van der Waals surface area contributed by atoms with Crippen LogP contribution in [0.5, 0.6) is 0 Å². The van der Waals surface area contributed by atoms with Crippen molar-refractivity contribution in [3.05, 3.63) is 35.4 Å². The number of hydrogen-bond acceptors (Lipinski definition) is 2. The molecule has 2 fully saturated rings. The molecule has 1 saturated carbocycles. The molecule has 114 valence electrons. The van der Waals surface area contributed by atoms with Crippen LogP contribution >= 0.6 is 0 Å². The Labute approximate surface area is 127 Å². The average Bonchev–Trinajstić information content (AvgIpc) is 2.72. The van der Waals surface area contributed by atoms with E-state index in [1.807, 2.05) is 0 Å². The van der Waals surface area contributed by atoms with Crippen LogP contribution in [0.1, 0.15) is 50.4 Å². The van der Waals surface area contributed by atoms with Gasteiger partial charge in [-0.2, -0.15) is 0 Å². The highest BCUT2D eigenvalue weighted by Gasteiger charge is 2.42. The molecule has 2 aliphatic rings. The number of rotatable bonds is 4. The largest absolute Gasteiger partial charge is 0.321 e. The van der Waals surface area contributed by atoms with Gasteiger partial charge in [-0.15, -0.1) is 0 Å². The zero-order chi connectivity index (χ0) is 15.0. The molecule has 1 heterocycles. The molecule has 1 N–H and O–H groups in total. The lowest BCUT2D eigenvalue weighted by Crippen LogP contribution is -2.38. The number of hydrogen-bond donors (Lipinski definition) is 1. The number of aryl methyl sites for hydroxylation is 1. The standard InChI is InChI=1S/C18H26N2O/c1-12(2)16-18(21)20(11-14-8-6-9-14)17(19-16)15-10-5-4-7-13(15)3/h4-5,7,10,12,14,16-17,19H,6,8-9,11H2,1-3H3. The summed E-state index contributed by atoms with van der Waals surface area (Å²) in [5.41, 5.74) is 2.50. The molecule has 0 spiro atoms. The second kappa shape index (κ2) is 5.80. The van der Waals surface area contributed by atoms with Gasteiger partial charge in [0.25, 0.3) is 0 Å². The van der Waals surface area contributed by atoms with Crippen LogP contribution in [0.15, 0.2) is 24.3 Å². The summed E-state index contributed by atoms with van der Waals surface area (Å²) >= 11 is 0. The number of amides is 1. The summed E-state index contributed by atoms with van der Waals surface area (Å²) in [7, 11) is 0. The highest BCUT2D eigenvalue weighted by atomic mass is 16.2. The van der Waals surface area contributed by atoms with Crippen molar-refractivity contribution in [2.45, 2.75) is 52.2 Å². The van der Waals surface area contributed by atoms with Crippen molar-refractivity contribution in [3.63, 3.8) is 0 Å². The van der Waals surface area contributed by atoms with E-state index in [9.17, 15) is 4.79 Å². The molecule has 1 aromatic carbocycles. The SMILES string of the molecule is Cc1ccccc1C1NC(C(C)C)C(=O)N1CC1CCC1. The van der Waals surface area contributed by atoms with Gasteiger partial charge in [0.05, 0.1) is 6.04 Å². The highest BCUT2D eigenvalue weighted by molar-refractivity contribution is 5.85. The Morgan fingerprint density at radius 3 is 2.57 bits per heavy atom. The number of nitrogens with zero attached hydrogens (tertiary/aromatic N) is 1. The summed E-state index contributed by atoms with van der Waals surface area (Å²) < 4.78 is 0. The molecular weight excluding hydrogens is 260 g/mol. The maximum atomic E-state index is 12.8.